The summed E-state index contributed by atoms with van der Waals surface area (Å²) in [7, 11) is 1.64. The maximum absolute atomic E-state index is 9.09. The molecule has 4 nitrogen and oxygen atoms in total. The quantitative estimate of drug-likeness (QED) is 0.866. The number of rotatable bonds is 3. The zero-order valence-corrected chi connectivity index (χ0v) is 11.7. The first kappa shape index (κ1) is 13.6. The summed E-state index contributed by atoms with van der Waals surface area (Å²) < 4.78 is 16.4. The molecule has 0 spiro atoms. The first-order valence-electron chi connectivity index (χ1n) is 6.73. The standard InChI is InChI=1S/C17H15NO3/c1-19-14-5-3-13(4-6-14)15-7-2-12(11-18)10-16(15)17-20-8-9-21-17/h2-7,10,17H,8-9H2,1H3. The minimum Gasteiger partial charge on any atom is -0.497 e. The smallest absolute Gasteiger partial charge is 0.184 e. The van der Waals surface area contributed by atoms with E-state index in [0.29, 0.717) is 18.8 Å². The second-order valence-electron chi connectivity index (χ2n) is 4.72. The van der Waals surface area contributed by atoms with E-state index >= 15 is 0 Å². The van der Waals surface area contributed by atoms with Crippen LogP contribution in [0.25, 0.3) is 11.1 Å². The van der Waals surface area contributed by atoms with Gasteiger partial charge in [0.05, 0.1) is 32.0 Å². The van der Waals surface area contributed by atoms with Crippen molar-refractivity contribution >= 4 is 0 Å². The number of benzene rings is 2. The molecule has 1 aliphatic rings. The average Bonchev–Trinajstić information content (AvgIpc) is 3.09. The first-order valence-corrected chi connectivity index (χ1v) is 6.73. The largest absolute Gasteiger partial charge is 0.497 e. The van der Waals surface area contributed by atoms with Gasteiger partial charge in [-0.1, -0.05) is 18.2 Å². The third-order valence-corrected chi connectivity index (χ3v) is 3.46. The molecule has 0 unspecified atom stereocenters. The molecule has 1 heterocycles. The number of hydrogen-bond acceptors (Lipinski definition) is 4. The fourth-order valence-electron chi connectivity index (χ4n) is 2.40. The molecule has 1 aliphatic heterocycles. The lowest BCUT2D eigenvalue weighted by molar-refractivity contribution is -0.0437. The van der Waals surface area contributed by atoms with Gasteiger partial charge in [-0.25, -0.2) is 0 Å². The van der Waals surface area contributed by atoms with Crippen LogP contribution in [-0.2, 0) is 9.47 Å². The lowest BCUT2D eigenvalue weighted by Crippen LogP contribution is -2.01. The van der Waals surface area contributed by atoms with Gasteiger partial charge in [0.2, 0.25) is 0 Å². The highest BCUT2D eigenvalue weighted by Gasteiger charge is 2.22. The number of nitriles is 1. The fraction of sp³-hybridized carbons (Fsp3) is 0.235. The van der Waals surface area contributed by atoms with Gasteiger partial charge in [0.25, 0.3) is 0 Å². The minimum absolute atomic E-state index is 0.407. The molecule has 0 aromatic heterocycles. The van der Waals surface area contributed by atoms with E-state index in [1.54, 1.807) is 13.2 Å². The second-order valence-corrected chi connectivity index (χ2v) is 4.72. The van der Waals surface area contributed by atoms with Crippen LogP contribution in [-0.4, -0.2) is 20.3 Å². The van der Waals surface area contributed by atoms with Gasteiger partial charge in [0, 0.05) is 5.56 Å². The molecule has 0 saturated carbocycles. The average molecular weight is 281 g/mol. The lowest BCUT2D eigenvalue weighted by atomic mass is 9.97. The van der Waals surface area contributed by atoms with Gasteiger partial charge < -0.3 is 14.2 Å². The molecule has 0 bridgehead atoms. The number of ether oxygens (including phenoxy) is 3. The van der Waals surface area contributed by atoms with Crippen molar-refractivity contribution < 1.29 is 14.2 Å². The number of hydrogen-bond donors (Lipinski definition) is 0. The molecule has 1 saturated heterocycles. The van der Waals surface area contributed by atoms with Gasteiger partial charge >= 0.3 is 0 Å². The van der Waals surface area contributed by atoms with E-state index in [4.69, 9.17) is 19.5 Å². The predicted molar refractivity (Wildman–Crippen MR) is 77.8 cm³/mol. The fourth-order valence-corrected chi connectivity index (χ4v) is 2.40. The monoisotopic (exact) mass is 281 g/mol. The summed E-state index contributed by atoms with van der Waals surface area (Å²) in [6.45, 7) is 1.15. The Labute approximate surface area is 123 Å². The first-order chi connectivity index (χ1) is 10.3. The van der Waals surface area contributed by atoms with Crippen LogP contribution in [0, 0.1) is 11.3 Å². The molecule has 2 aromatic carbocycles. The van der Waals surface area contributed by atoms with Crippen LogP contribution in [0.15, 0.2) is 42.5 Å². The molecule has 0 N–H and O–H groups in total. The zero-order chi connectivity index (χ0) is 14.7. The van der Waals surface area contributed by atoms with Crippen molar-refractivity contribution in [3.63, 3.8) is 0 Å². The Morgan fingerprint density at radius 2 is 1.81 bits per heavy atom. The van der Waals surface area contributed by atoms with Gasteiger partial charge in [0.1, 0.15) is 5.75 Å². The minimum atomic E-state index is -0.407. The summed E-state index contributed by atoms with van der Waals surface area (Å²) in [5.41, 5.74) is 3.52. The molecule has 0 atom stereocenters. The molecule has 0 radical (unpaired) electrons. The normalized spacial score (nSPS) is 14.9. The molecule has 106 valence electrons. The van der Waals surface area contributed by atoms with Crippen LogP contribution in [0.3, 0.4) is 0 Å². The van der Waals surface area contributed by atoms with Crippen molar-refractivity contribution in [1.29, 1.82) is 5.26 Å². The molecular formula is C17H15NO3. The van der Waals surface area contributed by atoms with Crippen molar-refractivity contribution in [2.75, 3.05) is 20.3 Å². The lowest BCUT2D eigenvalue weighted by Gasteiger charge is -2.15. The third kappa shape index (κ3) is 2.75. The zero-order valence-electron chi connectivity index (χ0n) is 11.7. The topological polar surface area (TPSA) is 51.5 Å². The highest BCUT2D eigenvalue weighted by molar-refractivity contribution is 5.69. The van der Waals surface area contributed by atoms with Crippen LogP contribution in [0.4, 0.5) is 0 Å². The van der Waals surface area contributed by atoms with Crippen LogP contribution in [0.2, 0.25) is 0 Å². The Balaban J connectivity index is 2.05. The summed E-state index contributed by atoms with van der Waals surface area (Å²) in [5.74, 6) is 0.808. The molecular weight excluding hydrogens is 266 g/mol. The van der Waals surface area contributed by atoms with Crippen molar-refractivity contribution in [1.82, 2.24) is 0 Å². The maximum Gasteiger partial charge on any atom is 0.184 e. The van der Waals surface area contributed by atoms with Crippen molar-refractivity contribution in [2.45, 2.75) is 6.29 Å². The Kier molecular flexibility index (Phi) is 3.87. The Bertz CT molecular complexity index is 667. The van der Waals surface area contributed by atoms with Gasteiger partial charge in [0.15, 0.2) is 6.29 Å². The van der Waals surface area contributed by atoms with E-state index < -0.39 is 6.29 Å². The SMILES string of the molecule is COc1ccc(-c2ccc(C#N)cc2C2OCCO2)cc1. The van der Waals surface area contributed by atoms with E-state index in [-0.39, 0.29) is 0 Å². The van der Waals surface area contributed by atoms with Gasteiger partial charge in [-0.2, -0.15) is 5.26 Å². The van der Waals surface area contributed by atoms with Gasteiger partial charge in [-0.3, -0.25) is 0 Å². The Hall–Kier alpha value is -2.35. The summed E-state index contributed by atoms with van der Waals surface area (Å²) in [5, 5.41) is 9.09. The van der Waals surface area contributed by atoms with E-state index in [2.05, 4.69) is 6.07 Å². The van der Waals surface area contributed by atoms with Crippen LogP contribution >= 0.6 is 0 Å². The van der Waals surface area contributed by atoms with Gasteiger partial charge in [-0.15, -0.1) is 0 Å². The molecule has 21 heavy (non-hydrogen) atoms. The van der Waals surface area contributed by atoms with Crippen LogP contribution in [0.5, 0.6) is 5.75 Å². The second kappa shape index (κ2) is 5.96. The summed E-state index contributed by atoms with van der Waals surface area (Å²) in [4.78, 5) is 0. The van der Waals surface area contributed by atoms with E-state index in [1.807, 2.05) is 36.4 Å². The molecule has 4 heteroatoms. The number of methoxy groups -OCH3 is 1. The Morgan fingerprint density at radius 1 is 1.10 bits per heavy atom. The predicted octanol–water partition coefficient (Wildman–Crippen LogP) is 3.28. The molecule has 1 fully saturated rings. The van der Waals surface area contributed by atoms with Crippen molar-refractivity contribution in [2.24, 2.45) is 0 Å². The van der Waals surface area contributed by atoms with Gasteiger partial charge in [-0.05, 0) is 35.4 Å². The van der Waals surface area contributed by atoms with E-state index in [0.717, 1.165) is 22.4 Å². The summed E-state index contributed by atoms with van der Waals surface area (Å²) in [6.07, 6.45) is -0.407. The third-order valence-electron chi connectivity index (χ3n) is 3.46. The van der Waals surface area contributed by atoms with Crippen LogP contribution < -0.4 is 4.74 Å². The maximum atomic E-state index is 9.09. The highest BCUT2D eigenvalue weighted by Crippen LogP contribution is 2.34. The van der Waals surface area contributed by atoms with Crippen molar-refractivity contribution in [3.8, 4) is 22.9 Å². The summed E-state index contributed by atoms with van der Waals surface area (Å²) >= 11 is 0. The summed E-state index contributed by atoms with van der Waals surface area (Å²) in [6, 6.07) is 15.5. The highest BCUT2D eigenvalue weighted by atomic mass is 16.7. The molecule has 3 rings (SSSR count). The molecule has 2 aromatic rings. The Morgan fingerprint density at radius 3 is 2.43 bits per heavy atom. The van der Waals surface area contributed by atoms with E-state index in [9.17, 15) is 0 Å². The van der Waals surface area contributed by atoms with E-state index in [1.165, 1.54) is 0 Å². The molecule has 0 aliphatic carbocycles. The van der Waals surface area contributed by atoms with Crippen LogP contribution in [0.1, 0.15) is 17.4 Å². The number of nitrogens with zero attached hydrogens (tertiary/aromatic N) is 1. The molecule has 0 amide bonds. The van der Waals surface area contributed by atoms with Crippen molar-refractivity contribution in [3.05, 3.63) is 53.6 Å².